The molecule has 2 aliphatic heterocycles. The number of carbonyl (C=O) groups excluding carboxylic acids is 1. The summed E-state index contributed by atoms with van der Waals surface area (Å²) in [5, 5.41) is 14.3. The summed E-state index contributed by atoms with van der Waals surface area (Å²) < 4.78 is 0.553. The number of fused-ring (bicyclic) bond motifs is 1. The number of hydrogen-bond donors (Lipinski definition) is 1. The number of hydrogen-bond acceptors (Lipinski definition) is 4. The van der Waals surface area contributed by atoms with Crippen LogP contribution in [0.5, 0.6) is 0 Å². The Kier molecular flexibility index (Phi) is 5.41. The highest BCUT2D eigenvalue weighted by Gasteiger charge is 2.34. The molecule has 1 aromatic rings. The number of nitrogens with one attached hydrogen (secondary N) is 1. The van der Waals surface area contributed by atoms with Crippen LogP contribution in [0.3, 0.4) is 0 Å². The largest absolute Gasteiger partial charge is 0.338 e. The van der Waals surface area contributed by atoms with E-state index in [9.17, 15) is 14.9 Å². The van der Waals surface area contributed by atoms with Crippen LogP contribution in [0.1, 0.15) is 16.8 Å². The highest BCUT2D eigenvalue weighted by atomic mass is 79.9. The lowest BCUT2D eigenvalue weighted by Gasteiger charge is -2.34. The van der Waals surface area contributed by atoms with Crippen LogP contribution >= 0.6 is 28.3 Å². The molecule has 0 spiro atoms. The number of non-ortho nitro benzene ring substituents is 1. The van der Waals surface area contributed by atoms with E-state index in [1.165, 1.54) is 12.1 Å². The smallest absolute Gasteiger partial charge is 0.271 e. The lowest BCUT2D eigenvalue weighted by molar-refractivity contribution is -0.385. The Morgan fingerprint density at radius 2 is 2.05 bits per heavy atom. The van der Waals surface area contributed by atoms with Crippen LogP contribution < -0.4 is 5.32 Å². The maximum atomic E-state index is 12.6. The molecule has 0 radical (unpaired) electrons. The second-order valence-corrected chi connectivity index (χ2v) is 6.59. The lowest BCUT2D eigenvalue weighted by atomic mass is 9.88. The topological polar surface area (TPSA) is 75.5 Å². The first-order chi connectivity index (χ1) is 10.0. The monoisotopic (exact) mass is 389 g/mol. The van der Waals surface area contributed by atoms with Crippen LogP contribution in [0.25, 0.3) is 0 Å². The van der Waals surface area contributed by atoms with Gasteiger partial charge in [-0.2, -0.15) is 0 Å². The molecule has 2 aliphatic rings. The Morgan fingerprint density at radius 3 is 2.77 bits per heavy atom. The number of benzene rings is 1. The molecule has 0 aliphatic carbocycles. The first kappa shape index (κ1) is 17.2. The summed E-state index contributed by atoms with van der Waals surface area (Å²) in [6.07, 6.45) is 1.000. The maximum absolute atomic E-state index is 12.6. The van der Waals surface area contributed by atoms with E-state index in [0.717, 1.165) is 32.6 Å². The SMILES string of the molecule is Cl.O=C(c1cc(Br)cc([N+](=O)[O-])c1)N1CCC2CNCC2C1. The van der Waals surface area contributed by atoms with Gasteiger partial charge < -0.3 is 10.2 Å². The number of rotatable bonds is 2. The average molecular weight is 391 g/mol. The van der Waals surface area contributed by atoms with Gasteiger partial charge in [0.15, 0.2) is 0 Å². The van der Waals surface area contributed by atoms with Gasteiger partial charge in [0.05, 0.1) is 4.92 Å². The fourth-order valence-electron chi connectivity index (χ4n) is 3.20. The summed E-state index contributed by atoms with van der Waals surface area (Å²) in [5.41, 5.74) is 0.311. The molecule has 2 fully saturated rings. The van der Waals surface area contributed by atoms with E-state index >= 15 is 0 Å². The normalized spacial score (nSPS) is 23.6. The van der Waals surface area contributed by atoms with E-state index < -0.39 is 4.92 Å². The Morgan fingerprint density at radius 1 is 1.32 bits per heavy atom. The fourth-order valence-corrected chi connectivity index (χ4v) is 3.69. The van der Waals surface area contributed by atoms with Crippen LogP contribution in [0, 0.1) is 22.0 Å². The van der Waals surface area contributed by atoms with E-state index in [0.29, 0.717) is 21.9 Å². The molecule has 120 valence electrons. The summed E-state index contributed by atoms with van der Waals surface area (Å²) in [4.78, 5) is 24.8. The molecule has 6 nitrogen and oxygen atoms in total. The predicted octanol–water partition coefficient (Wildman–Crippen LogP) is 2.46. The average Bonchev–Trinajstić information content (AvgIpc) is 2.93. The molecular formula is C14H17BrClN3O3. The molecule has 1 N–H and O–H groups in total. The second kappa shape index (κ2) is 6.93. The van der Waals surface area contributed by atoms with Gasteiger partial charge in [-0.3, -0.25) is 14.9 Å². The summed E-state index contributed by atoms with van der Waals surface area (Å²) in [6.45, 7) is 3.45. The number of carbonyl (C=O) groups is 1. The first-order valence-electron chi connectivity index (χ1n) is 6.99. The molecule has 2 atom stereocenters. The van der Waals surface area contributed by atoms with Gasteiger partial charge in [0.25, 0.3) is 11.6 Å². The van der Waals surface area contributed by atoms with Crippen molar-refractivity contribution < 1.29 is 9.72 Å². The van der Waals surface area contributed by atoms with E-state index in [1.807, 2.05) is 4.90 Å². The molecule has 22 heavy (non-hydrogen) atoms. The van der Waals surface area contributed by atoms with Crippen molar-refractivity contribution >= 4 is 39.9 Å². The molecule has 3 rings (SSSR count). The highest BCUT2D eigenvalue weighted by Crippen LogP contribution is 2.28. The van der Waals surface area contributed by atoms with Gasteiger partial charge in [0, 0.05) is 35.3 Å². The molecule has 0 bridgehead atoms. The standard InChI is InChI=1S/C14H16BrN3O3.ClH/c15-12-3-10(4-13(5-12)18(20)21)14(19)17-2-1-9-6-16-7-11(9)8-17;/h3-5,9,11,16H,1-2,6-8H2;1H. The summed E-state index contributed by atoms with van der Waals surface area (Å²) in [5.74, 6) is 1.04. The molecule has 0 aromatic heterocycles. The lowest BCUT2D eigenvalue weighted by Crippen LogP contribution is -2.43. The Hall–Kier alpha value is -1.18. The third kappa shape index (κ3) is 3.42. The van der Waals surface area contributed by atoms with E-state index in [-0.39, 0.29) is 24.0 Å². The quantitative estimate of drug-likeness (QED) is 0.622. The zero-order chi connectivity index (χ0) is 15.0. The summed E-state index contributed by atoms with van der Waals surface area (Å²) in [7, 11) is 0. The zero-order valence-corrected chi connectivity index (χ0v) is 14.2. The van der Waals surface area contributed by atoms with Gasteiger partial charge in [-0.1, -0.05) is 15.9 Å². The van der Waals surface area contributed by atoms with Crippen molar-refractivity contribution in [3.8, 4) is 0 Å². The minimum absolute atomic E-state index is 0. The van der Waals surface area contributed by atoms with Gasteiger partial charge in [-0.15, -0.1) is 12.4 Å². The van der Waals surface area contributed by atoms with Crippen LogP contribution in [-0.4, -0.2) is 41.9 Å². The van der Waals surface area contributed by atoms with Crippen molar-refractivity contribution in [1.82, 2.24) is 10.2 Å². The van der Waals surface area contributed by atoms with Crippen molar-refractivity contribution in [3.05, 3.63) is 38.3 Å². The van der Waals surface area contributed by atoms with Crippen molar-refractivity contribution in [3.63, 3.8) is 0 Å². The number of nitro groups is 1. The molecule has 2 unspecified atom stereocenters. The molecule has 1 amide bonds. The number of piperidine rings is 1. The summed E-state index contributed by atoms with van der Waals surface area (Å²) in [6, 6.07) is 4.41. The number of amides is 1. The van der Waals surface area contributed by atoms with Crippen molar-refractivity contribution in [2.24, 2.45) is 11.8 Å². The van der Waals surface area contributed by atoms with E-state index in [1.54, 1.807) is 6.07 Å². The molecule has 0 saturated carbocycles. The zero-order valence-electron chi connectivity index (χ0n) is 11.8. The van der Waals surface area contributed by atoms with Gasteiger partial charge >= 0.3 is 0 Å². The maximum Gasteiger partial charge on any atom is 0.271 e. The Labute approximate surface area is 142 Å². The van der Waals surface area contributed by atoms with Gasteiger partial charge in [0.2, 0.25) is 0 Å². The highest BCUT2D eigenvalue weighted by molar-refractivity contribution is 9.10. The van der Waals surface area contributed by atoms with Crippen LogP contribution in [0.2, 0.25) is 0 Å². The van der Waals surface area contributed by atoms with Crippen LogP contribution in [0.15, 0.2) is 22.7 Å². The van der Waals surface area contributed by atoms with Crippen LogP contribution in [0.4, 0.5) is 5.69 Å². The number of nitrogens with zero attached hydrogens (tertiary/aromatic N) is 2. The Balaban J connectivity index is 0.00000176. The number of halogens is 2. The third-order valence-corrected chi connectivity index (χ3v) is 4.79. The Bertz CT molecular complexity index is 599. The second-order valence-electron chi connectivity index (χ2n) is 5.67. The molecule has 1 aromatic carbocycles. The molecule has 2 saturated heterocycles. The van der Waals surface area contributed by atoms with Crippen molar-refractivity contribution in [2.75, 3.05) is 26.2 Å². The van der Waals surface area contributed by atoms with Gasteiger partial charge in [-0.05, 0) is 37.4 Å². The van der Waals surface area contributed by atoms with E-state index in [4.69, 9.17) is 0 Å². The summed E-state index contributed by atoms with van der Waals surface area (Å²) >= 11 is 3.23. The number of likely N-dealkylation sites (tertiary alicyclic amines) is 1. The van der Waals surface area contributed by atoms with Crippen LogP contribution in [-0.2, 0) is 0 Å². The van der Waals surface area contributed by atoms with Gasteiger partial charge in [0.1, 0.15) is 0 Å². The minimum atomic E-state index is -0.478. The predicted molar refractivity (Wildman–Crippen MR) is 88.4 cm³/mol. The third-order valence-electron chi connectivity index (χ3n) is 4.33. The van der Waals surface area contributed by atoms with Gasteiger partial charge in [-0.25, -0.2) is 0 Å². The molecule has 8 heteroatoms. The van der Waals surface area contributed by atoms with E-state index in [2.05, 4.69) is 21.2 Å². The van der Waals surface area contributed by atoms with Crippen molar-refractivity contribution in [1.29, 1.82) is 0 Å². The molecular weight excluding hydrogens is 374 g/mol. The minimum Gasteiger partial charge on any atom is -0.338 e. The first-order valence-corrected chi connectivity index (χ1v) is 7.79. The fraction of sp³-hybridized carbons (Fsp3) is 0.500. The van der Waals surface area contributed by atoms with Crippen molar-refractivity contribution in [2.45, 2.75) is 6.42 Å². The number of nitro benzene ring substituents is 1. The molecule has 2 heterocycles.